The van der Waals surface area contributed by atoms with Crippen molar-refractivity contribution in [3.05, 3.63) is 36.7 Å². The summed E-state index contributed by atoms with van der Waals surface area (Å²) in [6, 6.07) is 7.84. The van der Waals surface area contributed by atoms with E-state index in [4.69, 9.17) is 0 Å². The Hall–Kier alpha value is -1.66. The topological polar surface area (TPSA) is 71.1 Å². The Bertz CT molecular complexity index is 706. The Balaban J connectivity index is 1.74. The molecule has 0 saturated heterocycles. The number of nitrogens with one attached hydrogen (secondary N) is 2. The molecular weight excluding hydrogens is 274 g/mol. The Labute approximate surface area is 118 Å². The highest BCUT2D eigenvalue weighted by Gasteiger charge is 2.21. The van der Waals surface area contributed by atoms with Crippen molar-refractivity contribution >= 4 is 26.5 Å². The summed E-state index contributed by atoms with van der Waals surface area (Å²) >= 11 is 0. The van der Waals surface area contributed by atoms with E-state index in [1.807, 2.05) is 18.2 Å². The van der Waals surface area contributed by atoms with Gasteiger partial charge in [0.25, 0.3) is 0 Å². The Morgan fingerprint density at radius 2 is 2.10 bits per heavy atom. The van der Waals surface area contributed by atoms with E-state index >= 15 is 0 Å². The Kier molecular flexibility index (Phi) is 3.58. The number of anilines is 1. The zero-order chi connectivity index (χ0) is 14.0. The van der Waals surface area contributed by atoms with Crippen LogP contribution in [0.5, 0.6) is 0 Å². The van der Waals surface area contributed by atoms with Gasteiger partial charge in [0.15, 0.2) is 0 Å². The molecule has 0 radical (unpaired) electrons. The molecule has 1 aromatic carbocycles. The Morgan fingerprint density at radius 1 is 1.25 bits per heavy atom. The van der Waals surface area contributed by atoms with Crippen LogP contribution in [0, 0.1) is 0 Å². The van der Waals surface area contributed by atoms with Gasteiger partial charge in [-0.2, -0.15) is 0 Å². The quantitative estimate of drug-likeness (QED) is 0.850. The van der Waals surface area contributed by atoms with Gasteiger partial charge in [-0.1, -0.05) is 12.1 Å². The third-order valence-electron chi connectivity index (χ3n) is 3.33. The van der Waals surface area contributed by atoms with E-state index in [2.05, 4.69) is 15.0 Å². The molecule has 0 bridgehead atoms. The second kappa shape index (κ2) is 5.38. The number of fused-ring (bicyclic) bond motifs is 1. The van der Waals surface area contributed by atoms with Crippen LogP contribution in [0.15, 0.2) is 36.7 Å². The van der Waals surface area contributed by atoms with Crippen molar-refractivity contribution in [1.29, 1.82) is 0 Å². The largest absolute Gasteiger partial charge is 0.313 e. The number of sulfonamides is 1. The van der Waals surface area contributed by atoms with Crippen LogP contribution in [0.1, 0.15) is 12.8 Å². The smallest absolute Gasteiger partial charge is 0.233 e. The molecule has 0 unspecified atom stereocenters. The van der Waals surface area contributed by atoms with Gasteiger partial charge in [-0.15, -0.1) is 0 Å². The summed E-state index contributed by atoms with van der Waals surface area (Å²) in [6.45, 7) is 0.492. The highest BCUT2D eigenvalue weighted by atomic mass is 32.2. The maximum absolute atomic E-state index is 12.1. The first kappa shape index (κ1) is 13.3. The lowest BCUT2D eigenvalue weighted by atomic mass is 10.1. The summed E-state index contributed by atoms with van der Waals surface area (Å²) in [4.78, 5) is 4.04. The first-order valence-corrected chi connectivity index (χ1v) is 8.36. The fourth-order valence-electron chi connectivity index (χ4n) is 2.11. The van der Waals surface area contributed by atoms with E-state index in [-0.39, 0.29) is 5.75 Å². The van der Waals surface area contributed by atoms with E-state index in [0.29, 0.717) is 18.3 Å². The van der Waals surface area contributed by atoms with Crippen molar-refractivity contribution < 1.29 is 8.42 Å². The highest BCUT2D eigenvalue weighted by Crippen LogP contribution is 2.23. The number of pyridine rings is 1. The summed E-state index contributed by atoms with van der Waals surface area (Å²) in [6.07, 6.45) is 5.70. The standard InChI is InChI=1S/C14H17N3O2S/c18-20(19,9-8-16-12-4-5-12)17-14-3-1-2-11-10-15-7-6-13(11)14/h1-3,6-7,10,12,16-17H,4-5,8-9H2. The molecule has 20 heavy (non-hydrogen) atoms. The van der Waals surface area contributed by atoms with Crippen molar-refractivity contribution in [1.82, 2.24) is 10.3 Å². The van der Waals surface area contributed by atoms with Gasteiger partial charge in [0, 0.05) is 35.8 Å². The maximum atomic E-state index is 12.1. The van der Waals surface area contributed by atoms with Crippen LogP contribution in [0.25, 0.3) is 10.8 Å². The van der Waals surface area contributed by atoms with Gasteiger partial charge < -0.3 is 5.32 Å². The van der Waals surface area contributed by atoms with E-state index in [9.17, 15) is 8.42 Å². The molecule has 1 aliphatic carbocycles. The van der Waals surface area contributed by atoms with Crippen LogP contribution < -0.4 is 10.0 Å². The lowest BCUT2D eigenvalue weighted by Gasteiger charge is -2.10. The number of hydrogen-bond acceptors (Lipinski definition) is 4. The molecule has 1 saturated carbocycles. The minimum atomic E-state index is -3.33. The average Bonchev–Trinajstić information content (AvgIpc) is 3.23. The monoisotopic (exact) mass is 291 g/mol. The molecule has 6 heteroatoms. The lowest BCUT2D eigenvalue weighted by Crippen LogP contribution is -2.28. The van der Waals surface area contributed by atoms with Gasteiger partial charge >= 0.3 is 0 Å². The van der Waals surface area contributed by atoms with E-state index in [1.165, 1.54) is 0 Å². The molecule has 2 N–H and O–H groups in total. The number of rotatable bonds is 6. The van der Waals surface area contributed by atoms with Crippen LogP contribution in [0.2, 0.25) is 0 Å². The number of aromatic nitrogens is 1. The van der Waals surface area contributed by atoms with Crippen LogP contribution >= 0.6 is 0 Å². The van der Waals surface area contributed by atoms with E-state index < -0.39 is 10.0 Å². The first-order valence-electron chi connectivity index (χ1n) is 6.71. The predicted molar refractivity (Wildman–Crippen MR) is 80.2 cm³/mol. The average molecular weight is 291 g/mol. The predicted octanol–water partition coefficient (Wildman–Crippen LogP) is 1.73. The summed E-state index contributed by atoms with van der Waals surface area (Å²) < 4.78 is 26.8. The number of benzene rings is 1. The van der Waals surface area contributed by atoms with Gasteiger partial charge in [0.2, 0.25) is 10.0 Å². The molecule has 0 aliphatic heterocycles. The minimum Gasteiger partial charge on any atom is -0.313 e. The fourth-order valence-corrected chi connectivity index (χ4v) is 3.12. The van der Waals surface area contributed by atoms with Gasteiger partial charge in [-0.25, -0.2) is 8.42 Å². The first-order chi connectivity index (χ1) is 9.64. The molecule has 1 fully saturated rings. The molecule has 1 heterocycles. The summed E-state index contributed by atoms with van der Waals surface area (Å²) in [7, 11) is -3.33. The normalized spacial score (nSPS) is 15.4. The van der Waals surface area contributed by atoms with Crippen molar-refractivity contribution in [2.75, 3.05) is 17.0 Å². The molecule has 0 atom stereocenters. The molecule has 1 aromatic heterocycles. The second-order valence-corrected chi connectivity index (χ2v) is 6.89. The molecule has 5 nitrogen and oxygen atoms in total. The minimum absolute atomic E-state index is 0.0883. The molecular formula is C14H17N3O2S. The van der Waals surface area contributed by atoms with E-state index in [1.54, 1.807) is 18.5 Å². The molecule has 3 rings (SSSR count). The maximum Gasteiger partial charge on any atom is 0.233 e. The molecule has 2 aromatic rings. The van der Waals surface area contributed by atoms with Gasteiger partial charge in [-0.3, -0.25) is 9.71 Å². The van der Waals surface area contributed by atoms with Crippen molar-refractivity contribution in [2.45, 2.75) is 18.9 Å². The molecule has 0 spiro atoms. The zero-order valence-electron chi connectivity index (χ0n) is 11.0. The van der Waals surface area contributed by atoms with Gasteiger partial charge in [0.05, 0.1) is 11.4 Å². The lowest BCUT2D eigenvalue weighted by molar-refractivity contribution is 0.595. The number of nitrogens with zero attached hydrogens (tertiary/aromatic N) is 1. The molecule has 1 aliphatic rings. The second-order valence-electron chi connectivity index (χ2n) is 5.05. The molecule has 106 valence electrons. The van der Waals surface area contributed by atoms with Gasteiger partial charge in [0.1, 0.15) is 0 Å². The summed E-state index contributed by atoms with van der Waals surface area (Å²) in [5.41, 5.74) is 0.608. The van der Waals surface area contributed by atoms with Crippen molar-refractivity contribution in [3.63, 3.8) is 0 Å². The van der Waals surface area contributed by atoms with Crippen LogP contribution in [0.3, 0.4) is 0 Å². The van der Waals surface area contributed by atoms with Crippen LogP contribution in [0.4, 0.5) is 5.69 Å². The van der Waals surface area contributed by atoms with Crippen LogP contribution in [-0.2, 0) is 10.0 Å². The van der Waals surface area contributed by atoms with Crippen LogP contribution in [-0.4, -0.2) is 31.7 Å². The SMILES string of the molecule is O=S(=O)(CCNC1CC1)Nc1cccc2cnccc12. The zero-order valence-corrected chi connectivity index (χ0v) is 11.9. The number of hydrogen-bond donors (Lipinski definition) is 2. The van der Waals surface area contributed by atoms with E-state index in [0.717, 1.165) is 23.6 Å². The third-order valence-corrected chi connectivity index (χ3v) is 4.60. The van der Waals surface area contributed by atoms with Crippen molar-refractivity contribution in [2.24, 2.45) is 0 Å². The summed E-state index contributed by atoms with van der Waals surface area (Å²) in [5, 5.41) is 4.99. The molecule has 0 amide bonds. The fraction of sp³-hybridized carbons (Fsp3) is 0.357. The highest BCUT2D eigenvalue weighted by molar-refractivity contribution is 7.92. The Morgan fingerprint density at radius 3 is 2.90 bits per heavy atom. The van der Waals surface area contributed by atoms with Gasteiger partial charge in [-0.05, 0) is 25.0 Å². The van der Waals surface area contributed by atoms with Crippen molar-refractivity contribution in [3.8, 4) is 0 Å². The third kappa shape index (κ3) is 3.26. The summed E-state index contributed by atoms with van der Waals surface area (Å²) in [5.74, 6) is 0.0883.